The molecule has 0 heterocycles. The molecule has 0 aromatic heterocycles. The van der Waals surface area contributed by atoms with Crippen LogP contribution in [0.1, 0.15) is 44.2 Å². The molecule has 1 atom stereocenters. The van der Waals surface area contributed by atoms with Gasteiger partial charge in [0, 0.05) is 6.42 Å². The highest BCUT2D eigenvalue weighted by Crippen LogP contribution is 2.29. The summed E-state index contributed by atoms with van der Waals surface area (Å²) >= 11 is 0. The van der Waals surface area contributed by atoms with Gasteiger partial charge in [-0.15, -0.1) is 0 Å². The van der Waals surface area contributed by atoms with Crippen molar-refractivity contribution in [2.75, 3.05) is 6.61 Å². The van der Waals surface area contributed by atoms with E-state index >= 15 is 0 Å². The highest BCUT2D eigenvalue weighted by Gasteiger charge is 2.26. The molecule has 22 heavy (non-hydrogen) atoms. The van der Waals surface area contributed by atoms with E-state index in [0.717, 1.165) is 11.3 Å². The molecule has 0 spiro atoms. The van der Waals surface area contributed by atoms with Gasteiger partial charge in [0.1, 0.15) is 5.75 Å². The first kappa shape index (κ1) is 16.1. The van der Waals surface area contributed by atoms with Crippen LogP contribution in [0.4, 0.5) is 0 Å². The smallest absolute Gasteiger partial charge is 0.122 e. The van der Waals surface area contributed by atoms with Crippen molar-refractivity contribution in [1.29, 1.82) is 5.26 Å². The highest BCUT2D eigenvalue weighted by atomic mass is 16.5. The van der Waals surface area contributed by atoms with Crippen molar-refractivity contribution in [1.82, 2.24) is 0 Å². The van der Waals surface area contributed by atoms with Crippen LogP contribution in [0.5, 0.6) is 5.75 Å². The largest absolute Gasteiger partial charge is 0.493 e. The molecular weight excluding hydrogens is 270 g/mol. The monoisotopic (exact) mass is 293 g/mol. The number of hydrogen-bond acceptors (Lipinski definition) is 2. The third-order valence-corrected chi connectivity index (χ3v) is 4.06. The number of nitrogens with zero attached hydrogens (tertiary/aromatic N) is 1. The molecule has 0 aliphatic rings. The summed E-state index contributed by atoms with van der Waals surface area (Å²) < 4.78 is 5.97. The van der Waals surface area contributed by atoms with Gasteiger partial charge in [-0.3, -0.25) is 0 Å². The molecule has 0 bridgehead atoms. The second-order valence-corrected chi connectivity index (χ2v) is 6.10. The van der Waals surface area contributed by atoms with Crippen molar-refractivity contribution in [3.63, 3.8) is 0 Å². The summed E-state index contributed by atoms with van der Waals surface area (Å²) in [5.41, 5.74) is 1.73. The van der Waals surface area contributed by atoms with Crippen molar-refractivity contribution < 1.29 is 4.74 Å². The van der Waals surface area contributed by atoms with Gasteiger partial charge in [-0.25, -0.2) is 0 Å². The fourth-order valence-corrected chi connectivity index (χ4v) is 2.52. The molecule has 0 aliphatic carbocycles. The van der Waals surface area contributed by atoms with E-state index in [1.807, 2.05) is 55.5 Å². The second-order valence-electron chi connectivity index (χ2n) is 6.10. The molecule has 114 valence electrons. The Labute approximate surface area is 133 Å². The minimum Gasteiger partial charge on any atom is -0.493 e. The van der Waals surface area contributed by atoms with E-state index < -0.39 is 5.41 Å². The van der Waals surface area contributed by atoms with Crippen molar-refractivity contribution in [3.05, 3.63) is 65.7 Å². The van der Waals surface area contributed by atoms with Crippen LogP contribution >= 0.6 is 0 Å². The van der Waals surface area contributed by atoms with Gasteiger partial charge in [0.25, 0.3) is 0 Å². The maximum atomic E-state index is 9.57. The first-order valence-electron chi connectivity index (χ1n) is 7.75. The Bertz CT molecular complexity index is 642. The molecule has 0 amide bonds. The number of nitriles is 1. The fourth-order valence-electron chi connectivity index (χ4n) is 2.52. The zero-order chi connectivity index (χ0) is 16.0. The van der Waals surface area contributed by atoms with Crippen LogP contribution in [0.3, 0.4) is 0 Å². The van der Waals surface area contributed by atoms with E-state index in [9.17, 15) is 5.26 Å². The summed E-state index contributed by atoms with van der Waals surface area (Å²) in [7, 11) is 0. The van der Waals surface area contributed by atoms with Gasteiger partial charge in [0.05, 0.1) is 18.1 Å². The second kappa shape index (κ2) is 7.13. The van der Waals surface area contributed by atoms with Gasteiger partial charge in [-0.1, -0.05) is 62.4 Å². The average Bonchev–Trinajstić information content (AvgIpc) is 2.55. The molecule has 0 saturated carbocycles. The van der Waals surface area contributed by atoms with Gasteiger partial charge in [-0.2, -0.15) is 5.26 Å². The first-order valence-corrected chi connectivity index (χ1v) is 7.75. The zero-order valence-electron chi connectivity index (χ0n) is 13.5. The SMILES string of the molecule is CC(C)c1ccccc1OCCC(C)(C#N)c1ccccc1. The highest BCUT2D eigenvalue weighted by molar-refractivity contribution is 5.36. The number of para-hydroxylation sites is 1. The van der Waals surface area contributed by atoms with Gasteiger partial charge in [0.2, 0.25) is 0 Å². The Hall–Kier alpha value is -2.27. The van der Waals surface area contributed by atoms with E-state index in [2.05, 4.69) is 26.0 Å². The van der Waals surface area contributed by atoms with Crippen LogP contribution < -0.4 is 4.74 Å². The van der Waals surface area contributed by atoms with Gasteiger partial charge < -0.3 is 4.74 Å². The third-order valence-electron chi connectivity index (χ3n) is 4.06. The van der Waals surface area contributed by atoms with E-state index in [1.165, 1.54) is 5.56 Å². The maximum Gasteiger partial charge on any atom is 0.122 e. The Morgan fingerprint density at radius 3 is 2.32 bits per heavy atom. The quantitative estimate of drug-likeness (QED) is 0.745. The molecular formula is C20H23NO. The maximum absolute atomic E-state index is 9.57. The topological polar surface area (TPSA) is 33.0 Å². The lowest BCUT2D eigenvalue weighted by Gasteiger charge is -2.23. The zero-order valence-corrected chi connectivity index (χ0v) is 13.5. The lowest BCUT2D eigenvalue weighted by Crippen LogP contribution is -2.22. The number of ether oxygens (including phenoxy) is 1. The lowest BCUT2D eigenvalue weighted by atomic mass is 9.81. The van der Waals surface area contributed by atoms with E-state index in [-0.39, 0.29) is 0 Å². The molecule has 0 fully saturated rings. The standard InChI is InChI=1S/C20H23NO/c1-16(2)18-11-7-8-12-19(18)22-14-13-20(3,15-21)17-9-5-4-6-10-17/h4-12,16H,13-14H2,1-3H3. The molecule has 1 unspecified atom stereocenters. The first-order chi connectivity index (χ1) is 10.6. The van der Waals surface area contributed by atoms with Crippen molar-refractivity contribution >= 4 is 0 Å². The van der Waals surface area contributed by atoms with Crippen LogP contribution in [0.2, 0.25) is 0 Å². The minimum absolute atomic E-state index is 0.424. The molecule has 2 aromatic carbocycles. The summed E-state index contributed by atoms with van der Waals surface area (Å²) in [6.07, 6.45) is 0.667. The molecule has 0 saturated heterocycles. The average molecular weight is 293 g/mol. The molecule has 2 nitrogen and oxygen atoms in total. The summed E-state index contributed by atoms with van der Waals surface area (Å²) in [6.45, 7) is 6.82. The number of hydrogen-bond donors (Lipinski definition) is 0. The summed E-state index contributed by atoms with van der Waals surface area (Å²) in [6, 6.07) is 20.5. The normalized spacial score (nSPS) is 13.4. The fraction of sp³-hybridized carbons (Fsp3) is 0.350. The van der Waals surface area contributed by atoms with Gasteiger partial charge in [-0.05, 0) is 30.0 Å². The molecule has 0 aliphatic heterocycles. The summed E-state index contributed by atoms with van der Waals surface area (Å²) in [5, 5.41) is 9.57. The Morgan fingerprint density at radius 1 is 1.05 bits per heavy atom. The van der Waals surface area contributed by atoms with Crippen LogP contribution in [0, 0.1) is 11.3 Å². The summed E-state index contributed by atoms with van der Waals surface area (Å²) in [5.74, 6) is 1.35. The Balaban J connectivity index is 2.06. The predicted octanol–water partition coefficient (Wildman–Crippen LogP) is 5.06. The Morgan fingerprint density at radius 2 is 1.68 bits per heavy atom. The molecule has 2 rings (SSSR count). The molecule has 2 aromatic rings. The minimum atomic E-state index is -0.520. The van der Waals surface area contributed by atoms with Crippen LogP contribution in [-0.4, -0.2) is 6.61 Å². The van der Waals surface area contributed by atoms with Crippen LogP contribution in [-0.2, 0) is 5.41 Å². The summed E-state index contributed by atoms with van der Waals surface area (Å²) in [4.78, 5) is 0. The molecule has 0 radical (unpaired) electrons. The third kappa shape index (κ3) is 3.68. The van der Waals surface area contributed by atoms with Crippen LogP contribution in [0.25, 0.3) is 0 Å². The molecule has 0 N–H and O–H groups in total. The van der Waals surface area contributed by atoms with E-state index in [4.69, 9.17) is 4.74 Å². The van der Waals surface area contributed by atoms with Crippen LogP contribution in [0.15, 0.2) is 54.6 Å². The van der Waals surface area contributed by atoms with Gasteiger partial charge in [0.15, 0.2) is 0 Å². The van der Waals surface area contributed by atoms with Gasteiger partial charge >= 0.3 is 0 Å². The van der Waals surface area contributed by atoms with Crippen molar-refractivity contribution in [3.8, 4) is 11.8 Å². The predicted molar refractivity (Wildman–Crippen MR) is 90.1 cm³/mol. The van der Waals surface area contributed by atoms with Crippen molar-refractivity contribution in [2.24, 2.45) is 0 Å². The van der Waals surface area contributed by atoms with Crippen molar-refractivity contribution in [2.45, 2.75) is 38.5 Å². The Kier molecular flexibility index (Phi) is 5.22. The van der Waals surface area contributed by atoms with E-state index in [0.29, 0.717) is 18.9 Å². The number of rotatable bonds is 6. The lowest BCUT2D eigenvalue weighted by molar-refractivity contribution is 0.282. The van der Waals surface area contributed by atoms with E-state index in [1.54, 1.807) is 0 Å². The molecule has 2 heteroatoms. The number of benzene rings is 2.